The number of fused-ring (bicyclic) bond motifs is 3. The van der Waals surface area contributed by atoms with Crippen LogP contribution in [0.2, 0.25) is 0 Å². The van der Waals surface area contributed by atoms with Crippen LogP contribution in [-0.2, 0) is 9.59 Å². The van der Waals surface area contributed by atoms with E-state index >= 15 is 0 Å². The number of carbonyl (C=O) groups is 3. The Morgan fingerprint density at radius 1 is 1.03 bits per heavy atom. The highest BCUT2D eigenvalue weighted by atomic mass is 16.2. The van der Waals surface area contributed by atoms with Crippen LogP contribution in [0.3, 0.4) is 0 Å². The van der Waals surface area contributed by atoms with E-state index in [4.69, 9.17) is 0 Å². The van der Waals surface area contributed by atoms with Crippen molar-refractivity contribution < 1.29 is 14.4 Å². The van der Waals surface area contributed by atoms with Crippen LogP contribution < -0.4 is 15.1 Å². The Balaban J connectivity index is 1.67. The van der Waals surface area contributed by atoms with Crippen LogP contribution in [0.25, 0.3) is 0 Å². The fraction of sp³-hybridized carbons (Fsp3) is 0.444. The van der Waals surface area contributed by atoms with Crippen LogP contribution in [0.1, 0.15) is 54.6 Å². The molecule has 4 rings (SSSR count). The van der Waals surface area contributed by atoms with Crippen molar-refractivity contribution in [1.29, 1.82) is 0 Å². The summed E-state index contributed by atoms with van der Waals surface area (Å²) in [4.78, 5) is 45.1. The molecule has 1 atom stereocenters. The molecule has 0 aliphatic carbocycles. The van der Waals surface area contributed by atoms with Gasteiger partial charge in [0.15, 0.2) is 0 Å². The summed E-state index contributed by atoms with van der Waals surface area (Å²) in [5, 5.41) is 2.96. The summed E-state index contributed by atoms with van der Waals surface area (Å²) in [5.41, 5.74) is 4.93. The SMILES string of the molecule is CCN(CC)C(=O)c1ccc2c(c1)N(CC(=O)Nc1ccc(C)cc1C)C(=O)[C@@H]1CCCCN21. The average Bonchev–Trinajstić information content (AvgIpc) is 2.84. The maximum absolute atomic E-state index is 13.6. The van der Waals surface area contributed by atoms with E-state index < -0.39 is 0 Å². The van der Waals surface area contributed by atoms with Crippen LogP contribution in [0.5, 0.6) is 0 Å². The minimum atomic E-state index is -0.264. The van der Waals surface area contributed by atoms with E-state index in [-0.39, 0.29) is 30.3 Å². The molecule has 2 aromatic carbocycles. The zero-order valence-electron chi connectivity index (χ0n) is 20.6. The largest absolute Gasteiger partial charge is 0.358 e. The summed E-state index contributed by atoms with van der Waals surface area (Å²) in [6.07, 6.45) is 2.79. The summed E-state index contributed by atoms with van der Waals surface area (Å²) in [6.45, 7) is 9.80. The highest BCUT2D eigenvalue weighted by molar-refractivity contribution is 6.11. The number of piperidine rings is 1. The van der Waals surface area contributed by atoms with Crippen molar-refractivity contribution in [3.05, 3.63) is 53.1 Å². The number of aryl methyl sites for hydroxylation is 2. The number of benzene rings is 2. The molecule has 3 amide bonds. The van der Waals surface area contributed by atoms with Crippen LogP contribution in [0, 0.1) is 13.8 Å². The fourth-order valence-corrected chi connectivity index (χ4v) is 5.03. The minimum absolute atomic E-state index is 0.0688. The van der Waals surface area contributed by atoms with Crippen molar-refractivity contribution in [3.8, 4) is 0 Å². The maximum Gasteiger partial charge on any atom is 0.253 e. The first kappa shape index (κ1) is 23.8. The zero-order valence-corrected chi connectivity index (χ0v) is 20.6. The Hall–Kier alpha value is -3.35. The predicted octanol–water partition coefficient (Wildman–Crippen LogP) is 4.13. The molecule has 2 aliphatic heterocycles. The van der Waals surface area contributed by atoms with Gasteiger partial charge < -0.3 is 15.1 Å². The Morgan fingerprint density at radius 2 is 1.79 bits per heavy atom. The molecule has 2 aliphatic rings. The van der Waals surface area contributed by atoms with Crippen molar-refractivity contribution >= 4 is 34.8 Å². The molecule has 0 saturated carbocycles. The summed E-state index contributed by atoms with van der Waals surface area (Å²) in [6, 6.07) is 11.2. The Bertz CT molecular complexity index is 1110. The van der Waals surface area contributed by atoms with Crippen molar-refractivity contribution in [1.82, 2.24) is 4.90 Å². The average molecular weight is 463 g/mol. The molecule has 180 valence electrons. The summed E-state index contributed by atoms with van der Waals surface area (Å²) < 4.78 is 0. The standard InChI is InChI=1S/C27H34N4O3/c1-5-29(6-2)26(33)20-11-13-22-24(16-20)31(27(34)23-9-7-8-14-30(22)23)17-25(32)28-21-12-10-18(3)15-19(21)4/h10-13,15-16,23H,5-9,14,17H2,1-4H3,(H,28,32)/t23-/m0/s1. The lowest BCUT2D eigenvalue weighted by atomic mass is 9.95. The third-order valence-electron chi connectivity index (χ3n) is 6.88. The van der Waals surface area contributed by atoms with Gasteiger partial charge in [-0.15, -0.1) is 0 Å². The third-order valence-corrected chi connectivity index (χ3v) is 6.88. The lowest BCUT2D eigenvalue weighted by Gasteiger charge is -2.45. The number of carbonyl (C=O) groups excluding carboxylic acids is 3. The topological polar surface area (TPSA) is 73.0 Å². The monoisotopic (exact) mass is 462 g/mol. The molecule has 2 aromatic rings. The fourth-order valence-electron chi connectivity index (χ4n) is 5.03. The second-order valence-corrected chi connectivity index (χ2v) is 9.18. The molecule has 0 spiro atoms. The first-order valence-corrected chi connectivity index (χ1v) is 12.2. The molecular formula is C27H34N4O3. The van der Waals surface area contributed by atoms with E-state index in [9.17, 15) is 14.4 Å². The van der Waals surface area contributed by atoms with Gasteiger partial charge >= 0.3 is 0 Å². The molecule has 0 bridgehead atoms. The van der Waals surface area contributed by atoms with Gasteiger partial charge in [-0.2, -0.15) is 0 Å². The molecule has 1 N–H and O–H groups in total. The lowest BCUT2D eigenvalue weighted by Crippen LogP contribution is -2.56. The maximum atomic E-state index is 13.6. The Morgan fingerprint density at radius 3 is 2.50 bits per heavy atom. The molecule has 2 heterocycles. The summed E-state index contributed by atoms with van der Waals surface area (Å²) in [7, 11) is 0. The summed E-state index contributed by atoms with van der Waals surface area (Å²) in [5.74, 6) is -0.396. The predicted molar refractivity (Wildman–Crippen MR) is 136 cm³/mol. The molecule has 7 nitrogen and oxygen atoms in total. The van der Waals surface area contributed by atoms with Crippen LogP contribution in [0.4, 0.5) is 17.1 Å². The zero-order chi connectivity index (χ0) is 24.4. The van der Waals surface area contributed by atoms with Gasteiger partial charge in [0, 0.05) is 30.9 Å². The van der Waals surface area contributed by atoms with Gasteiger partial charge in [0.2, 0.25) is 11.8 Å². The second kappa shape index (κ2) is 9.87. The van der Waals surface area contributed by atoms with E-state index in [1.807, 2.05) is 58.0 Å². The summed E-state index contributed by atoms with van der Waals surface area (Å²) >= 11 is 0. The third kappa shape index (κ3) is 4.52. The van der Waals surface area contributed by atoms with E-state index in [1.165, 1.54) is 0 Å². The minimum Gasteiger partial charge on any atom is -0.358 e. The van der Waals surface area contributed by atoms with E-state index in [2.05, 4.69) is 10.2 Å². The van der Waals surface area contributed by atoms with Gasteiger partial charge in [0.25, 0.3) is 5.91 Å². The number of hydrogen-bond donors (Lipinski definition) is 1. The highest BCUT2D eigenvalue weighted by Gasteiger charge is 2.40. The normalized spacial score (nSPS) is 17.2. The first-order valence-electron chi connectivity index (χ1n) is 12.2. The second-order valence-electron chi connectivity index (χ2n) is 9.18. The van der Waals surface area contributed by atoms with Crippen molar-refractivity contribution in [3.63, 3.8) is 0 Å². The molecular weight excluding hydrogens is 428 g/mol. The van der Waals surface area contributed by atoms with Crippen molar-refractivity contribution in [2.45, 2.75) is 53.0 Å². The van der Waals surface area contributed by atoms with Gasteiger partial charge in [0.05, 0.1) is 11.4 Å². The number of amides is 3. The molecule has 0 radical (unpaired) electrons. The van der Waals surface area contributed by atoms with Gasteiger partial charge in [-0.25, -0.2) is 0 Å². The Kier molecular flexibility index (Phi) is 6.91. The molecule has 1 saturated heterocycles. The highest BCUT2D eigenvalue weighted by Crippen LogP contribution is 2.40. The van der Waals surface area contributed by atoms with Gasteiger partial charge in [0.1, 0.15) is 12.6 Å². The van der Waals surface area contributed by atoms with Gasteiger partial charge in [-0.1, -0.05) is 17.7 Å². The quantitative estimate of drug-likeness (QED) is 0.701. The van der Waals surface area contributed by atoms with Crippen LogP contribution in [-0.4, -0.2) is 54.8 Å². The molecule has 1 fully saturated rings. The molecule has 0 aromatic heterocycles. The van der Waals surface area contributed by atoms with E-state index in [0.717, 1.165) is 48.3 Å². The van der Waals surface area contributed by atoms with Gasteiger partial charge in [-0.05, 0) is 76.8 Å². The number of nitrogens with zero attached hydrogens (tertiary/aromatic N) is 3. The van der Waals surface area contributed by atoms with Crippen LogP contribution >= 0.6 is 0 Å². The Labute approximate surface area is 201 Å². The smallest absolute Gasteiger partial charge is 0.253 e. The molecule has 0 unspecified atom stereocenters. The number of anilines is 3. The lowest BCUT2D eigenvalue weighted by molar-refractivity contribution is -0.123. The molecule has 34 heavy (non-hydrogen) atoms. The molecule has 7 heteroatoms. The van der Waals surface area contributed by atoms with Crippen molar-refractivity contribution in [2.75, 3.05) is 41.3 Å². The van der Waals surface area contributed by atoms with Crippen molar-refractivity contribution in [2.24, 2.45) is 0 Å². The number of hydrogen-bond acceptors (Lipinski definition) is 4. The number of rotatable bonds is 6. The van der Waals surface area contributed by atoms with Crippen LogP contribution in [0.15, 0.2) is 36.4 Å². The number of nitrogens with one attached hydrogen (secondary N) is 1. The van der Waals surface area contributed by atoms with E-state index in [0.29, 0.717) is 24.3 Å². The first-order chi connectivity index (χ1) is 16.3. The van der Waals surface area contributed by atoms with Gasteiger partial charge in [-0.3, -0.25) is 19.3 Å². The van der Waals surface area contributed by atoms with E-state index in [1.54, 1.807) is 15.9 Å².